The zero-order chi connectivity index (χ0) is 15.1. The second-order valence-electron chi connectivity index (χ2n) is 5.13. The first-order valence-electron chi connectivity index (χ1n) is 7.06. The Bertz CT molecular complexity index is 560. The van der Waals surface area contributed by atoms with E-state index < -0.39 is 0 Å². The van der Waals surface area contributed by atoms with Crippen molar-refractivity contribution < 1.29 is 9.53 Å². The summed E-state index contributed by atoms with van der Waals surface area (Å²) in [6.07, 6.45) is 0.650. The fraction of sp³-hybridized carbons (Fsp3) is 0.278. The van der Waals surface area contributed by atoms with Gasteiger partial charge in [0.15, 0.2) is 0 Å². The van der Waals surface area contributed by atoms with Crippen molar-refractivity contribution in [3.8, 4) is 0 Å². The number of nitrogens with zero attached hydrogens (tertiary/aromatic N) is 1. The minimum absolute atomic E-state index is 0. The van der Waals surface area contributed by atoms with Gasteiger partial charge in [0.2, 0.25) is 0 Å². The molecule has 2 aromatic carbocycles. The average Bonchev–Trinajstić information content (AvgIpc) is 2.53. The van der Waals surface area contributed by atoms with Gasteiger partial charge in [-0.25, -0.2) is 0 Å². The zero-order valence-electron chi connectivity index (χ0n) is 12.9. The highest BCUT2D eigenvalue weighted by Crippen LogP contribution is 2.12. The molecule has 0 radical (unpaired) electrons. The molecule has 1 unspecified atom stereocenters. The van der Waals surface area contributed by atoms with Crippen LogP contribution in [0.1, 0.15) is 11.1 Å². The molecule has 0 aliphatic heterocycles. The summed E-state index contributed by atoms with van der Waals surface area (Å²) in [5.41, 5.74) is 2.31. The van der Waals surface area contributed by atoms with Gasteiger partial charge in [-0.3, -0.25) is 9.69 Å². The summed E-state index contributed by atoms with van der Waals surface area (Å²) in [5, 5.41) is 0. The molecular weight excluding hydrogens is 298 g/mol. The van der Waals surface area contributed by atoms with Crippen molar-refractivity contribution in [1.82, 2.24) is 4.90 Å². The van der Waals surface area contributed by atoms with E-state index in [2.05, 4.69) is 12.1 Å². The molecule has 22 heavy (non-hydrogen) atoms. The minimum Gasteiger partial charge on any atom is -0.468 e. The topological polar surface area (TPSA) is 29.5 Å². The number of ether oxygens (including phenoxy) is 1. The summed E-state index contributed by atoms with van der Waals surface area (Å²) in [6, 6.07) is 19.9. The molecule has 2 aromatic rings. The van der Waals surface area contributed by atoms with Crippen LogP contribution in [0.5, 0.6) is 0 Å². The van der Waals surface area contributed by atoms with Gasteiger partial charge in [0, 0.05) is 6.54 Å². The fourth-order valence-electron chi connectivity index (χ4n) is 2.37. The Labute approximate surface area is 138 Å². The first-order valence-corrected chi connectivity index (χ1v) is 7.06. The standard InChI is InChI=1S/C18H21NO2.ClH/c1-19(14-16-11-7-4-8-12-16)17(18(20)21-2)13-15-9-5-3-6-10-15;/h3-12,17H,13-14H2,1-2H3;1H. The van der Waals surface area contributed by atoms with Gasteiger partial charge in [0.25, 0.3) is 0 Å². The Kier molecular flexibility index (Phi) is 7.64. The van der Waals surface area contributed by atoms with E-state index in [1.807, 2.05) is 60.5 Å². The first-order chi connectivity index (χ1) is 10.2. The maximum Gasteiger partial charge on any atom is 0.323 e. The van der Waals surface area contributed by atoms with Crippen molar-refractivity contribution in [2.75, 3.05) is 14.2 Å². The van der Waals surface area contributed by atoms with Gasteiger partial charge in [0.1, 0.15) is 6.04 Å². The Morgan fingerprint density at radius 1 is 1.00 bits per heavy atom. The summed E-state index contributed by atoms with van der Waals surface area (Å²) in [7, 11) is 3.40. The van der Waals surface area contributed by atoms with Gasteiger partial charge >= 0.3 is 5.97 Å². The summed E-state index contributed by atoms with van der Waals surface area (Å²) in [6.45, 7) is 0.716. The van der Waals surface area contributed by atoms with E-state index in [4.69, 9.17) is 4.74 Å². The highest BCUT2D eigenvalue weighted by Gasteiger charge is 2.24. The lowest BCUT2D eigenvalue weighted by Crippen LogP contribution is -2.40. The number of esters is 1. The predicted octanol–water partition coefficient (Wildman–Crippen LogP) is 3.32. The molecule has 4 heteroatoms. The summed E-state index contributed by atoms with van der Waals surface area (Å²) in [4.78, 5) is 14.1. The minimum atomic E-state index is -0.280. The third kappa shape index (κ3) is 5.17. The number of benzene rings is 2. The van der Waals surface area contributed by atoms with E-state index in [1.54, 1.807) is 0 Å². The van der Waals surface area contributed by atoms with Crippen molar-refractivity contribution in [1.29, 1.82) is 0 Å². The number of rotatable bonds is 6. The molecule has 0 fully saturated rings. The molecule has 0 heterocycles. The van der Waals surface area contributed by atoms with Crippen molar-refractivity contribution in [3.05, 3.63) is 71.8 Å². The van der Waals surface area contributed by atoms with Gasteiger partial charge in [-0.05, 0) is 24.6 Å². The molecule has 0 aliphatic carbocycles. The first kappa shape index (κ1) is 18.2. The van der Waals surface area contributed by atoms with E-state index in [0.717, 1.165) is 5.56 Å². The lowest BCUT2D eigenvalue weighted by molar-refractivity contribution is -0.146. The summed E-state index contributed by atoms with van der Waals surface area (Å²) >= 11 is 0. The van der Waals surface area contributed by atoms with Crippen LogP contribution >= 0.6 is 12.4 Å². The van der Waals surface area contributed by atoms with E-state index in [-0.39, 0.29) is 24.4 Å². The molecule has 0 amide bonds. The number of carbonyl (C=O) groups is 1. The molecule has 0 aliphatic rings. The lowest BCUT2D eigenvalue weighted by atomic mass is 10.0. The number of methoxy groups -OCH3 is 1. The molecule has 0 aromatic heterocycles. The van der Waals surface area contributed by atoms with E-state index in [9.17, 15) is 4.79 Å². The van der Waals surface area contributed by atoms with Crippen LogP contribution in [0.2, 0.25) is 0 Å². The number of likely N-dealkylation sites (N-methyl/N-ethyl adjacent to an activating group) is 1. The Balaban J connectivity index is 0.00000242. The fourth-order valence-corrected chi connectivity index (χ4v) is 2.37. The van der Waals surface area contributed by atoms with Crippen molar-refractivity contribution >= 4 is 18.4 Å². The third-order valence-corrected chi connectivity index (χ3v) is 3.55. The van der Waals surface area contributed by atoms with Gasteiger partial charge in [-0.15, -0.1) is 12.4 Å². The zero-order valence-corrected chi connectivity index (χ0v) is 13.8. The molecule has 3 nitrogen and oxygen atoms in total. The molecular formula is C18H22ClNO2. The van der Waals surface area contributed by atoms with Crippen LogP contribution in [0.4, 0.5) is 0 Å². The smallest absolute Gasteiger partial charge is 0.323 e. The molecule has 0 N–H and O–H groups in total. The molecule has 0 bridgehead atoms. The normalized spacial score (nSPS) is 11.6. The molecule has 118 valence electrons. The second kappa shape index (κ2) is 9.23. The van der Waals surface area contributed by atoms with Gasteiger partial charge in [-0.2, -0.15) is 0 Å². The molecule has 0 saturated carbocycles. The number of hydrogen-bond acceptors (Lipinski definition) is 3. The number of carbonyl (C=O) groups excluding carboxylic acids is 1. The maximum atomic E-state index is 12.1. The van der Waals surface area contributed by atoms with E-state index in [1.165, 1.54) is 12.7 Å². The predicted molar refractivity (Wildman–Crippen MR) is 91.1 cm³/mol. The van der Waals surface area contributed by atoms with Crippen LogP contribution in [0.25, 0.3) is 0 Å². The molecule has 0 spiro atoms. The summed E-state index contributed by atoms with van der Waals surface area (Å²) < 4.78 is 4.96. The average molecular weight is 320 g/mol. The van der Waals surface area contributed by atoms with E-state index in [0.29, 0.717) is 13.0 Å². The van der Waals surface area contributed by atoms with Crippen LogP contribution in [0.3, 0.4) is 0 Å². The quantitative estimate of drug-likeness (QED) is 0.765. The largest absolute Gasteiger partial charge is 0.468 e. The van der Waals surface area contributed by atoms with Crippen molar-refractivity contribution in [2.45, 2.75) is 19.0 Å². The third-order valence-electron chi connectivity index (χ3n) is 3.55. The summed E-state index contributed by atoms with van der Waals surface area (Å²) in [5.74, 6) is -0.197. The SMILES string of the molecule is COC(=O)C(Cc1ccccc1)N(C)Cc1ccccc1.Cl. The van der Waals surface area contributed by atoms with Gasteiger partial charge < -0.3 is 4.74 Å². The van der Waals surface area contributed by atoms with Gasteiger partial charge in [-0.1, -0.05) is 60.7 Å². The Morgan fingerprint density at radius 2 is 1.50 bits per heavy atom. The lowest BCUT2D eigenvalue weighted by Gasteiger charge is -2.26. The number of halogens is 1. The Morgan fingerprint density at radius 3 is 2.00 bits per heavy atom. The van der Waals surface area contributed by atoms with Crippen molar-refractivity contribution in [3.63, 3.8) is 0 Å². The van der Waals surface area contributed by atoms with E-state index >= 15 is 0 Å². The number of hydrogen-bond donors (Lipinski definition) is 0. The van der Waals surface area contributed by atoms with Crippen LogP contribution in [-0.2, 0) is 22.5 Å². The Hall–Kier alpha value is -1.84. The molecule has 0 saturated heterocycles. The van der Waals surface area contributed by atoms with Crippen molar-refractivity contribution in [2.24, 2.45) is 0 Å². The van der Waals surface area contributed by atoms with Crippen LogP contribution in [-0.4, -0.2) is 31.1 Å². The second-order valence-corrected chi connectivity index (χ2v) is 5.13. The monoisotopic (exact) mass is 319 g/mol. The van der Waals surface area contributed by atoms with Crippen LogP contribution < -0.4 is 0 Å². The van der Waals surface area contributed by atoms with Gasteiger partial charge in [0.05, 0.1) is 7.11 Å². The maximum absolute atomic E-state index is 12.1. The molecule has 2 rings (SSSR count). The van der Waals surface area contributed by atoms with Crippen LogP contribution in [0, 0.1) is 0 Å². The molecule has 1 atom stereocenters. The van der Waals surface area contributed by atoms with Crippen LogP contribution in [0.15, 0.2) is 60.7 Å². The highest BCUT2D eigenvalue weighted by atomic mass is 35.5. The highest BCUT2D eigenvalue weighted by molar-refractivity contribution is 5.85.